The number of aromatic amines is 1. The Labute approximate surface area is 67.3 Å². The smallest absolute Gasteiger partial charge is 0.332 e. The van der Waals surface area contributed by atoms with Crippen LogP contribution in [0.3, 0.4) is 0 Å². The summed E-state index contributed by atoms with van der Waals surface area (Å²) in [5, 5.41) is 8.98. The number of nitrogens with zero attached hydrogens (tertiary/aromatic N) is 1. The summed E-state index contributed by atoms with van der Waals surface area (Å²) in [5.74, 6) is -0.0121. The summed E-state index contributed by atoms with van der Waals surface area (Å²) in [6.07, 6.45) is -1.15. The summed E-state index contributed by atoms with van der Waals surface area (Å²) >= 11 is 0. The first-order valence-corrected chi connectivity index (χ1v) is 3.32. The number of aromatic nitrogens is 2. The van der Waals surface area contributed by atoms with Gasteiger partial charge in [-0.3, -0.25) is 9.78 Å². The van der Waals surface area contributed by atoms with Crippen LogP contribution in [0.25, 0.3) is 0 Å². The van der Waals surface area contributed by atoms with E-state index in [4.69, 9.17) is 10.8 Å². The molecule has 1 aromatic rings. The van der Waals surface area contributed by atoms with Crippen LogP contribution in [0.2, 0.25) is 0 Å². The first-order chi connectivity index (χ1) is 5.52. The van der Waals surface area contributed by atoms with Crippen molar-refractivity contribution in [3.63, 3.8) is 0 Å². The second-order valence-corrected chi connectivity index (χ2v) is 2.37. The molecule has 1 heterocycles. The van der Waals surface area contributed by atoms with Gasteiger partial charge in [0, 0.05) is 6.07 Å². The monoisotopic (exact) mass is 171 g/mol. The Morgan fingerprint density at radius 1 is 1.67 bits per heavy atom. The predicted molar refractivity (Wildman–Crippen MR) is 42.7 cm³/mol. The van der Waals surface area contributed by atoms with Crippen molar-refractivity contribution in [1.82, 2.24) is 9.55 Å². The van der Waals surface area contributed by atoms with Gasteiger partial charge in [0.05, 0.1) is 0 Å². The number of anilines is 1. The van der Waals surface area contributed by atoms with Crippen molar-refractivity contribution in [2.24, 2.45) is 0 Å². The van der Waals surface area contributed by atoms with E-state index in [0.29, 0.717) is 4.57 Å². The highest BCUT2D eigenvalue weighted by atomic mass is 16.3. The largest absolute Gasteiger partial charge is 0.385 e. The zero-order valence-corrected chi connectivity index (χ0v) is 6.44. The SMILES string of the molecule is CC(O)n1c(=O)cc(N)[nH]c1=O. The number of nitrogens with two attached hydrogens (primary N) is 1. The van der Waals surface area contributed by atoms with Gasteiger partial charge in [0.2, 0.25) is 0 Å². The minimum absolute atomic E-state index is 0.0121. The first-order valence-electron chi connectivity index (χ1n) is 3.32. The van der Waals surface area contributed by atoms with Gasteiger partial charge in [0.25, 0.3) is 5.56 Å². The number of nitrogens with one attached hydrogen (secondary N) is 1. The highest BCUT2D eigenvalue weighted by molar-refractivity contribution is 5.23. The summed E-state index contributed by atoms with van der Waals surface area (Å²) in [7, 11) is 0. The minimum atomic E-state index is -1.15. The summed E-state index contributed by atoms with van der Waals surface area (Å²) < 4.78 is 0.663. The van der Waals surface area contributed by atoms with E-state index in [9.17, 15) is 9.59 Å². The third kappa shape index (κ3) is 1.37. The van der Waals surface area contributed by atoms with E-state index in [1.165, 1.54) is 6.92 Å². The highest BCUT2D eigenvalue weighted by Crippen LogP contribution is 1.90. The van der Waals surface area contributed by atoms with E-state index in [2.05, 4.69) is 4.98 Å². The molecule has 12 heavy (non-hydrogen) atoms. The van der Waals surface area contributed by atoms with Crippen molar-refractivity contribution in [1.29, 1.82) is 0 Å². The predicted octanol–water partition coefficient (Wildman–Crippen LogP) is -1.37. The lowest BCUT2D eigenvalue weighted by Gasteiger charge is -2.06. The zero-order chi connectivity index (χ0) is 9.30. The van der Waals surface area contributed by atoms with Crippen LogP contribution in [-0.4, -0.2) is 14.7 Å². The van der Waals surface area contributed by atoms with E-state index in [-0.39, 0.29) is 5.82 Å². The molecule has 6 heteroatoms. The summed E-state index contributed by atoms with van der Waals surface area (Å²) in [6, 6.07) is 1.04. The van der Waals surface area contributed by atoms with Crippen LogP contribution < -0.4 is 17.0 Å². The normalized spacial score (nSPS) is 12.8. The van der Waals surface area contributed by atoms with Gasteiger partial charge < -0.3 is 10.8 Å². The number of rotatable bonds is 1. The fourth-order valence-corrected chi connectivity index (χ4v) is 0.876. The number of nitrogen functional groups attached to an aromatic ring is 1. The van der Waals surface area contributed by atoms with Gasteiger partial charge in [0.15, 0.2) is 0 Å². The van der Waals surface area contributed by atoms with Crippen molar-refractivity contribution < 1.29 is 5.11 Å². The van der Waals surface area contributed by atoms with Crippen molar-refractivity contribution in [2.45, 2.75) is 13.2 Å². The van der Waals surface area contributed by atoms with Crippen LogP contribution in [-0.2, 0) is 0 Å². The fraction of sp³-hybridized carbons (Fsp3) is 0.333. The van der Waals surface area contributed by atoms with E-state index in [1.807, 2.05) is 0 Å². The number of aliphatic hydroxyl groups excluding tert-OH is 1. The molecule has 0 aromatic carbocycles. The molecule has 4 N–H and O–H groups in total. The van der Waals surface area contributed by atoms with Gasteiger partial charge in [-0.15, -0.1) is 0 Å². The minimum Gasteiger partial charge on any atom is -0.385 e. The lowest BCUT2D eigenvalue weighted by Crippen LogP contribution is -2.37. The van der Waals surface area contributed by atoms with Crippen LogP contribution in [0.5, 0.6) is 0 Å². The molecule has 6 nitrogen and oxygen atoms in total. The topological polar surface area (TPSA) is 101 Å². The molecular weight excluding hydrogens is 162 g/mol. The molecule has 0 bridgehead atoms. The van der Waals surface area contributed by atoms with Gasteiger partial charge in [0.1, 0.15) is 12.0 Å². The Morgan fingerprint density at radius 2 is 2.25 bits per heavy atom. The first kappa shape index (κ1) is 8.54. The number of aliphatic hydroxyl groups is 1. The molecule has 0 aliphatic rings. The fourth-order valence-electron chi connectivity index (χ4n) is 0.876. The summed E-state index contributed by atoms with van der Waals surface area (Å²) in [6.45, 7) is 1.31. The van der Waals surface area contributed by atoms with Crippen LogP contribution in [0.4, 0.5) is 5.82 Å². The zero-order valence-electron chi connectivity index (χ0n) is 6.44. The number of hydrogen-bond acceptors (Lipinski definition) is 4. The molecule has 0 radical (unpaired) electrons. The average Bonchev–Trinajstić information content (AvgIpc) is 1.82. The van der Waals surface area contributed by atoms with E-state index in [0.717, 1.165) is 6.07 Å². The highest BCUT2D eigenvalue weighted by Gasteiger charge is 2.06. The standard InChI is InChI=1S/C6H9N3O3/c1-3(10)9-5(11)2-4(7)8-6(9)12/h2-3,10H,7H2,1H3,(H,8,12). The van der Waals surface area contributed by atoms with E-state index >= 15 is 0 Å². The molecule has 66 valence electrons. The van der Waals surface area contributed by atoms with Crippen LogP contribution in [0.15, 0.2) is 15.7 Å². The summed E-state index contributed by atoms with van der Waals surface area (Å²) in [4.78, 5) is 24.2. The third-order valence-corrected chi connectivity index (χ3v) is 1.36. The average molecular weight is 171 g/mol. The van der Waals surface area contributed by atoms with Gasteiger partial charge in [-0.05, 0) is 6.92 Å². The van der Waals surface area contributed by atoms with Crippen LogP contribution >= 0.6 is 0 Å². The van der Waals surface area contributed by atoms with Crippen LogP contribution in [0, 0.1) is 0 Å². The maximum absolute atomic E-state index is 11.0. The Balaban J connectivity index is 3.50. The number of hydrogen-bond donors (Lipinski definition) is 3. The maximum atomic E-state index is 11.0. The Bertz CT molecular complexity index is 359. The van der Waals surface area contributed by atoms with Gasteiger partial charge in [-0.2, -0.15) is 0 Å². The van der Waals surface area contributed by atoms with Crippen molar-refractivity contribution >= 4 is 5.82 Å². The molecule has 1 rings (SSSR count). The molecular formula is C6H9N3O3. The quantitative estimate of drug-likeness (QED) is 0.485. The van der Waals surface area contributed by atoms with Gasteiger partial charge in [-0.25, -0.2) is 9.36 Å². The summed E-state index contributed by atoms with van der Waals surface area (Å²) in [5.41, 5.74) is 3.85. The lowest BCUT2D eigenvalue weighted by atomic mass is 10.5. The van der Waals surface area contributed by atoms with Gasteiger partial charge in [-0.1, -0.05) is 0 Å². The van der Waals surface area contributed by atoms with Gasteiger partial charge >= 0.3 is 5.69 Å². The molecule has 1 unspecified atom stereocenters. The van der Waals surface area contributed by atoms with E-state index < -0.39 is 17.5 Å². The molecule has 0 fully saturated rings. The second-order valence-electron chi connectivity index (χ2n) is 2.37. The Morgan fingerprint density at radius 3 is 2.67 bits per heavy atom. The van der Waals surface area contributed by atoms with Crippen molar-refractivity contribution in [3.8, 4) is 0 Å². The second kappa shape index (κ2) is 2.82. The third-order valence-electron chi connectivity index (χ3n) is 1.36. The molecule has 1 atom stereocenters. The molecule has 0 spiro atoms. The van der Waals surface area contributed by atoms with Crippen molar-refractivity contribution in [3.05, 3.63) is 26.9 Å². The van der Waals surface area contributed by atoms with Crippen molar-refractivity contribution in [2.75, 3.05) is 5.73 Å². The lowest BCUT2D eigenvalue weighted by molar-refractivity contribution is 0.115. The van der Waals surface area contributed by atoms with Crippen LogP contribution in [0.1, 0.15) is 13.2 Å². The molecule has 0 amide bonds. The molecule has 0 saturated heterocycles. The molecule has 1 aromatic heterocycles. The molecule has 0 aliphatic heterocycles. The molecule has 0 saturated carbocycles. The number of H-pyrrole nitrogens is 1. The Kier molecular flexibility index (Phi) is 2.01. The van der Waals surface area contributed by atoms with E-state index in [1.54, 1.807) is 0 Å². The molecule has 0 aliphatic carbocycles. The Hall–Kier alpha value is -1.56. The maximum Gasteiger partial charge on any atom is 0.332 e.